The van der Waals surface area contributed by atoms with Crippen molar-refractivity contribution < 1.29 is 31.7 Å². The van der Waals surface area contributed by atoms with Crippen LogP contribution in [0.3, 0.4) is 0 Å². The molecule has 4 rings (SSSR count). The number of ether oxygens (including phenoxy) is 1. The number of amides is 2. The largest absolute Gasteiger partial charge is 0.444 e. The lowest BCUT2D eigenvalue weighted by Crippen LogP contribution is -2.52. The molecule has 0 radical (unpaired) electrons. The lowest BCUT2D eigenvalue weighted by Gasteiger charge is -2.40. The minimum absolute atomic E-state index is 0.0526. The van der Waals surface area contributed by atoms with E-state index in [1.165, 1.54) is 6.20 Å². The van der Waals surface area contributed by atoms with Crippen molar-refractivity contribution in [2.24, 2.45) is 5.92 Å². The van der Waals surface area contributed by atoms with Gasteiger partial charge in [0.05, 0.1) is 22.7 Å². The highest BCUT2D eigenvalue weighted by atomic mass is 32.2. The lowest BCUT2D eigenvalue weighted by molar-refractivity contribution is 0.0485. The number of rotatable bonds is 6. The van der Waals surface area contributed by atoms with Crippen LogP contribution in [0.2, 0.25) is 0 Å². The van der Waals surface area contributed by atoms with E-state index in [1.807, 2.05) is 6.92 Å². The van der Waals surface area contributed by atoms with Gasteiger partial charge in [0.2, 0.25) is 0 Å². The number of anilines is 1. The predicted octanol–water partition coefficient (Wildman–Crippen LogP) is 5.97. The van der Waals surface area contributed by atoms with Crippen LogP contribution >= 0.6 is 0 Å². The first-order valence-corrected chi connectivity index (χ1v) is 15.0. The third-order valence-electron chi connectivity index (χ3n) is 7.06. The van der Waals surface area contributed by atoms with Crippen molar-refractivity contribution in [3.05, 3.63) is 77.5 Å². The van der Waals surface area contributed by atoms with E-state index >= 15 is 0 Å². The maximum Gasteiger partial charge on any atom is 0.407 e. The van der Waals surface area contributed by atoms with Gasteiger partial charge in [-0.3, -0.25) is 14.0 Å². The SMILES string of the molecule is C[C@H]1C[C@@H](c2ccncc2NC(=O)c2ccc(F)c(-c3c(F)cccc3F)n2)C[C@@H](NC(=O)OC(C)(C)C)[C@H]1[S@@](C)=O. The van der Waals surface area contributed by atoms with Gasteiger partial charge in [-0.15, -0.1) is 0 Å². The van der Waals surface area contributed by atoms with Crippen molar-refractivity contribution >= 4 is 28.5 Å². The number of nitrogens with zero attached hydrogens (tertiary/aromatic N) is 2. The average Bonchev–Trinajstić information content (AvgIpc) is 2.88. The van der Waals surface area contributed by atoms with Gasteiger partial charge in [0, 0.05) is 29.3 Å². The molecule has 5 atom stereocenters. The number of nitrogens with one attached hydrogen (secondary N) is 2. The molecule has 1 aliphatic rings. The van der Waals surface area contributed by atoms with Gasteiger partial charge in [-0.1, -0.05) is 13.0 Å². The number of pyridine rings is 2. The molecule has 224 valence electrons. The summed E-state index contributed by atoms with van der Waals surface area (Å²) >= 11 is 0. The Kier molecular flexibility index (Phi) is 9.34. The summed E-state index contributed by atoms with van der Waals surface area (Å²) in [5.74, 6) is -3.96. The molecule has 2 aromatic heterocycles. The van der Waals surface area contributed by atoms with Crippen molar-refractivity contribution in [2.45, 2.75) is 63.3 Å². The third-order valence-corrected chi connectivity index (χ3v) is 8.62. The normalized spacial score (nSPS) is 21.3. The summed E-state index contributed by atoms with van der Waals surface area (Å²) in [5.41, 5.74) is -1.18. The second-order valence-corrected chi connectivity index (χ2v) is 12.9. The predicted molar refractivity (Wildman–Crippen MR) is 154 cm³/mol. The summed E-state index contributed by atoms with van der Waals surface area (Å²) in [5, 5.41) is 5.33. The van der Waals surface area contributed by atoms with Crippen LogP contribution < -0.4 is 10.6 Å². The fourth-order valence-electron chi connectivity index (χ4n) is 5.45. The Morgan fingerprint density at radius 3 is 2.36 bits per heavy atom. The molecule has 1 aromatic carbocycles. The minimum Gasteiger partial charge on any atom is -0.444 e. The standard InChI is InChI=1S/C30H33F3N4O4S/c1-16-13-17(14-23(27(16)42(5)40)37-29(39)41-30(2,3)4)18-11-12-34-15-24(18)36-28(38)22-10-9-21(33)26(35-22)25-19(31)7-6-8-20(25)32/h6-12,15-17,23,27H,13-14H2,1-5H3,(H,36,38)(H,37,39)/t16-,17+,23+,27-,42+/m0/s1. The summed E-state index contributed by atoms with van der Waals surface area (Å²) in [6.45, 7) is 7.23. The first kappa shape index (κ1) is 31.1. The first-order chi connectivity index (χ1) is 19.7. The Balaban J connectivity index is 1.60. The molecule has 1 saturated carbocycles. The summed E-state index contributed by atoms with van der Waals surface area (Å²) in [4.78, 5) is 33.9. The van der Waals surface area contributed by atoms with Gasteiger partial charge in [0.1, 0.15) is 34.4 Å². The topological polar surface area (TPSA) is 110 Å². The number of aromatic nitrogens is 2. The maximum absolute atomic E-state index is 14.6. The zero-order chi connectivity index (χ0) is 30.8. The van der Waals surface area contributed by atoms with Crippen LogP contribution in [0.5, 0.6) is 0 Å². The van der Waals surface area contributed by atoms with E-state index in [0.29, 0.717) is 18.5 Å². The van der Waals surface area contributed by atoms with E-state index in [9.17, 15) is 27.0 Å². The fraction of sp³-hybridized carbons (Fsp3) is 0.400. The zero-order valence-electron chi connectivity index (χ0n) is 23.9. The Hall–Kier alpha value is -3.80. The molecule has 2 N–H and O–H groups in total. The molecular formula is C30H33F3N4O4S. The molecule has 1 fully saturated rings. The third kappa shape index (κ3) is 7.15. The van der Waals surface area contributed by atoms with Gasteiger partial charge in [0.25, 0.3) is 5.91 Å². The van der Waals surface area contributed by atoms with E-state index in [4.69, 9.17) is 4.74 Å². The van der Waals surface area contributed by atoms with E-state index in [0.717, 1.165) is 35.9 Å². The van der Waals surface area contributed by atoms with Gasteiger partial charge in [-0.05, 0) is 81.3 Å². The highest BCUT2D eigenvalue weighted by molar-refractivity contribution is 7.85. The number of hydrogen-bond donors (Lipinski definition) is 2. The number of alkyl carbamates (subject to hydrolysis) is 1. The highest BCUT2D eigenvalue weighted by Crippen LogP contribution is 2.41. The van der Waals surface area contributed by atoms with Crippen LogP contribution in [0.15, 0.2) is 48.8 Å². The molecule has 42 heavy (non-hydrogen) atoms. The second-order valence-electron chi connectivity index (χ2n) is 11.4. The van der Waals surface area contributed by atoms with Crippen molar-refractivity contribution in [2.75, 3.05) is 11.6 Å². The quantitative estimate of drug-likeness (QED) is 0.360. The molecule has 0 saturated heterocycles. The monoisotopic (exact) mass is 602 g/mol. The minimum atomic E-state index is -1.23. The van der Waals surface area contributed by atoms with Crippen molar-refractivity contribution in [3.63, 3.8) is 0 Å². The Morgan fingerprint density at radius 2 is 1.71 bits per heavy atom. The molecule has 2 amide bonds. The summed E-state index contributed by atoms with van der Waals surface area (Å²) in [6.07, 6.45) is 5.08. The number of carbonyl (C=O) groups is 2. The van der Waals surface area contributed by atoms with Gasteiger partial charge < -0.3 is 15.4 Å². The molecular weight excluding hydrogens is 569 g/mol. The van der Waals surface area contributed by atoms with Crippen molar-refractivity contribution in [1.29, 1.82) is 0 Å². The maximum atomic E-state index is 14.6. The fourth-order valence-corrected chi connectivity index (χ4v) is 6.86. The van der Waals surface area contributed by atoms with Gasteiger partial charge >= 0.3 is 6.09 Å². The van der Waals surface area contributed by atoms with Gasteiger partial charge in [-0.2, -0.15) is 0 Å². The van der Waals surface area contributed by atoms with Crippen LogP contribution in [0, 0.1) is 23.4 Å². The molecule has 3 aromatic rings. The number of halogens is 3. The highest BCUT2D eigenvalue weighted by Gasteiger charge is 2.40. The van der Waals surface area contributed by atoms with Crippen LogP contribution in [0.1, 0.15) is 62.5 Å². The number of carbonyl (C=O) groups excluding carboxylic acids is 2. The Morgan fingerprint density at radius 1 is 1.02 bits per heavy atom. The smallest absolute Gasteiger partial charge is 0.407 e. The molecule has 0 spiro atoms. The summed E-state index contributed by atoms with van der Waals surface area (Å²) < 4.78 is 61.4. The second kappa shape index (κ2) is 12.6. The van der Waals surface area contributed by atoms with Crippen LogP contribution in [0.25, 0.3) is 11.3 Å². The molecule has 0 unspecified atom stereocenters. The number of hydrogen-bond acceptors (Lipinski definition) is 6. The van der Waals surface area contributed by atoms with E-state index in [1.54, 1.807) is 39.3 Å². The summed E-state index contributed by atoms with van der Waals surface area (Å²) in [6, 6.07) is 6.42. The van der Waals surface area contributed by atoms with E-state index in [2.05, 4.69) is 20.6 Å². The average molecular weight is 603 g/mol. The van der Waals surface area contributed by atoms with Gasteiger partial charge in [-0.25, -0.2) is 22.9 Å². The lowest BCUT2D eigenvalue weighted by atomic mass is 9.75. The van der Waals surface area contributed by atoms with E-state index in [-0.39, 0.29) is 22.8 Å². The molecule has 8 nitrogen and oxygen atoms in total. The molecule has 12 heteroatoms. The Bertz CT molecular complexity index is 1490. The van der Waals surface area contributed by atoms with Crippen LogP contribution in [-0.4, -0.2) is 49.3 Å². The Labute approximate surface area is 244 Å². The number of benzene rings is 1. The zero-order valence-corrected chi connectivity index (χ0v) is 24.7. The summed E-state index contributed by atoms with van der Waals surface area (Å²) in [7, 11) is -1.23. The molecule has 1 aliphatic carbocycles. The molecule has 0 aliphatic heterocycles. The van der Waals surface area contributed by atoms with Crippen LogP contribution in [0.4, 0.5) is 23.7 Å². The van der Waals surface area contributed by atoms with Crippen molar-refractivity contribution in [3.8, 4) is 11.3 Å². The molecule has 0 bridgehead atoms. The molecule has 2 heterocycles. The van der Waals surface area contributed by atoms with E-state index < -0.39 is 63.2 Å². The van der Waals surface area contributed by atoms with Crippen molar-refractivity contribution in [1.82, 2.24) is 15.3 Å². The van der Waals surface area contributed by atoms with Gasteiger partial charge in [0.15, 0.2) is 0 Å². The van der Waals surface area contributed by atoms with Crippen LogP contribution in [-0.2, 0) is 15.5 Å². The first-order valence-electron chi connectivity index (χ1n) is 13.4.